The molecule has 25 heavy (non-hydrogen) atoms. The Balaban J connectivity index is 1.41. The lowest BCUT2D eigenvalue weighted by Crippen LogP contribution is -2.32. The number of unbranched alkanes of at least 4 members (excludes halogenated alkanes) is 7. The highest BCUT2D eigenvalue weighted by Crippen LogP contribution is 2.54. The van der Waals surface area contributed by atoms with E-state index in [9.17, 15) is 13.2 Å². The van der Waals surface area contributed by atoms with Crippen molar-refractivity contribution in [3.63, 3.8) is 0 Å². The summed E-state index contributed by atoms with van der Waals surface area (Å²) in [4.78, 5) is 0. The Labute approximate surface area is 154 Å². The molecule has 2 bridgehead atoms. The van der Waals surface area contributed by atoms with E-state index in [1.807, 2.05) is 0 Å². The smallest absolute Gasteiger partial charge is 0.171 e. The normalized spacial score (nSPS) is 27.8. The van der Waals surface area contributed by atoms with Crippen LogP contribution >= 0.6 is 0 Å². The first-order valence-electron chi connectivity index (χ1n) is 10.8. The molecule has 0 aromatic carbocycles. The van der Waals surface area contributed by atoms with Crippen LogP contribution < -0.4 is 0 Å². The highest BCUT2D eigenvalue weighted by atomic mass is 19.4. The summed E-state index contributed by atoms with van der Waals surface area (Å²) in [5, 5.41) is 0.594. The SMILES string of the molecule is CC(CCCCCCCCCCC12[B]C(CCC1)CCC2)C(F)(F)F. The van der Waals surface area contributed by atoms with Gasteiger partial charge in [-0.25, -0.2) is 0 Å². The number of halogens is 3. The Morgan fingerprint density at radius 3 is 1.96 bits per heavy atom. The van der Waals surface area contributed by atoms with Gasteiger partial charge in [0.2, 0.25) is 0 Å². The van der Waals surface area contributed by atoms with Crippen LogP contribution in [-0.2, 0) is 0 Å². The fourth-order valence-corrected chi connectivity index (χ4v) is 5.02. The van der Waals surface area contributed by atoms with E-state index in [0.717, 1.165) is 25.1 Å². The van der Waals surface area contributed by atoms with Gasteiger partial charge >= 0.3 is 6.18 Å². The van der Waals surface area contributed by atoms with E-state index in [2.05, 4.69) is 7.28 Å². The number of rotatable bonds is 11. The lowest BCUT2D eigenvalue weighted by Gasteiger charge is -2.45. The quantitative estimate of drug-likeness (QED) is 0.259. The Bertz CT molecular complexity index is 357. The highest BCUT2D eigenvalue weighted by Gasteiger charge is 2.39. The van der Waals surface area contributed by atoms with Gasteiger partial charge in [0.1, 0.15) is 7.28 Å². The molecule has 1 radical (unpaired) electrons. The van der Waals surface area contributed by atoms with Crippen molar-refractivity contribution in [2.24, 2.45) is 5.92 Å². The van der Waals surface area contributed by atoms with Crippen molar-refractivity contribution >= 4 is 7.28 Å². The molecule has 0 aromatic rings. The van der Waals surface area contributed by atoms with Gasteiger partial charge in [-0.1, -0.05) is 114 Å². The molecule has 4 heteroatoms. The van der Waals surface area contributed by atoms with Crippen LogP contribution in [0.4, 0.5) is 13.2 Å². The lowest BCUT2D eigenvalue weighted by atomic mass is 9.35. The molecule has 2 aliphatic rings. The van der Waals surface area contributed by atoms with Gasteiger partial charge in [-0.2, -0.15) is 13.2 Å². The number of fused-ring (bicyclic) bond motifs is 2. The summed E-state index contributed by atoms with van der Waals surface area (Å²) in [5.74, 6) is -0.217. The van der Waals surface area contributed by atoms with Gasteiger partial charge in [-0.05, 0) is 6.42 Å². The van der Waals surface area contributed by atoms with Crippen LogP contribution in [0.3, 0.4) is 0 Å². The fourth-order valence-electron chi connectivity index (χ4n) is 5.02. The fraction of sp³-hybridized carbons (Fsp3) is 1.00. The largest absolute Gasteiger partial charge is 0.391 e. The van der Waals surface area contributed by atoms with Gasteiger partial charge < -0.3 is 0 Å². The average molecular weight is 357 g/mol. The predicted octanol–water partition coefficient (Wildman–Crippen LogP) is 8.11. The molecule has 2 heterocycles. The Morgan fingerprint density at radius 2 is 1.40 bits per heavy atom. The van der Waals surface area contributed by atoms with Crippen LogP contribution in [0.5, 0.6) is 0 Å². The van der Waals surface area contributed by atoms with Gasteiger partial charge in [0.05, 0.1) is 5.92 Å². The molecule has 2 aliphatic heterocycles. The number of hydrogen-bond donors (Lipinski definition) is 0. The molecule has 2 saturated heterocycles. The standard InChI is InChI=1S/C21H37BF3/c1-18(21(23,24)25)12-8-6-4-2-3-5-7-9-15-20-16-10-13-19(22-20)14-11-17-20/h18-19H,2-17H2,1H3. The zero-order valence-electron chi connectivity index (χ0n) is 16.2. The zero-order valence-corrected chi connectivity index (χ0v) is 16.2. The first kappa shape index (κ1) is 21.2. The van der Waals surface area contributed by atoms with Gasteiger partial charge in [0, 0.05) is 0 Å². The molecule has 2 rings (SSSR count). The summed E-state index contributed by atoms with van der Waals surface area (Å²) in [6.45, 7) is 1.30. The lowest BCUT2D eigenvalue weighted by molar-refractivity contribution is -0.171. The van der Waals surface area contributed by atoms with Crippen molar-refractivity contribution in [1.82, 2.24) is 0 Å². The summed E-state index contributed by atoms with van der Waals surface area (Å²) in [7, 11) is 2.72. The minimum absolute atomic E-state index is 0.295. The third kappa shape index (κ3) is 7.55. The predicted molar refractivity (Wildman–Crippen MR) is 101 cm³/mol. The summed E-state index contributed by atoms with van der Waals surface area (Å²) in [6.07, 6.45) is 15.5. The van der Waals surface area contributed by atoms with E-state index >= 15 is 0 Å². The third-order valence-corrected chi connectivity index (χ3v) is 6.71. The zero-order chi connectivity index (χ0) is 18.2. The van der Waals surface area contributed by atoms with Crippen LogP contribution in [0.2, 0.25) is 11.1 Å². The molecule has 1 unspecified atom stereocenters. The van der Waals surface area contributed by atoms with E-state index in [0.29, 0.717) is 11.7 Å². The van der Waals surface area contributed by atoms with E-state index in [-0.39, 0.29) is 0 Å². The van der Waals surface area contributed by atoms with Crippen LogP contribution in [-0.4, -0.2) is 13.5 Å². The highest BCUT2D eigenvalue weighted by molar-refractivity contribution is 6.42. The van der Waals surface area contributed by atoms with Crippen molar-refractivity contribution in [1.29, 1.82) is 0 Å². The maximum atomic E-state index is 12.4. The molecular weight excluding hydrogens is 320 g/mol. The van der Waals surface area contributed by atoms with E-state index < -0.39 is 12.1 Å². The minimum atomic E-state index is -4.01. The monoisotopic (exact) mass is 357 g/mol. The van der Waals surface area contributed by atoms with Crippen LogP contribution in [0.25, 0.3) is 0 Å². The van der Waals surface area contributed by atoms with Gasteiger partial charge in [-0.15, -0.1) is 0 Å². The average Bonchev–Trinajstić information content (AvgIpc) is 2.55. The molecule has 0 amide bonds. The number of alkyl halides is 3. The van der Waals surface area contributed by atoms with Crippen molar-refractivity contribution in [2.75, 3.05) is 0 Å². The third-order valence-electron chi connectivity index (χ3n) is 6.71. The second-order valence-electron chi connectivity index (χ2n) is 8.88. The van der Waals surface area contributed by atoms with Crippen LogP contribution in [0.15, 0.2) is 0 Å². The van der Waals surface area contributed by atoms with Crippen molar-refractivity contribution in [3.05, 3.63) is 0 Å². The summed E-state index contributed by atoms with van der Waals surface area (Å²) in [5.41, 5.74) is 0. The first-order valence-corrected chi connectivity index (χ1v) is 10.8. The van der Waals surface area contributed by atoms with Crippen molar-refractivity contribution < 1.29 is 13.2 Å². The van der Waals surface area contributed by atoms with E-state index in [1.54, 1.807) is 0 Å². The van der Waals surface area contributed by atoms with Crippen molar-refractivity contribution in [3.8, 4) is 0 Å². The molecule has 0 spiro atoms. The topological polar surface area (TPSA) is 0 Å². The summed E-state index contributed by atoms with van der Waals surface area (Å²) >= 11 is 0. The summed E-state index contributed by atoms with van der Waals surface area (Å²) in [6, 6.07) is 0. The molecule has 0 aliphatic carbocycles. The minimum Gasteiger partial charge on any atom is -0.171 e. The van der Waals surface area contributed by atoms with E-state index in [1.165, 1.54) is 84.0 Å². The molecule has 2 fully saturated rings. The maximum absolute atomic E-state index is 12.4. The molecule has 1 atom stereocenters. The van der Waals surface area contributed by atoms with Crippen LogP contribution in [0.1, 0.15) is 110 Å². The van der Waals surface area contributed by atoms with Crippen LogP contribution in [0, 0.1) is 5.92 Å². The van der Waals surface area contributed by atoms with Gasteiger partial charge in [-0.3, -0.25) is 0 Å². The van der Waals surface area contributed by atoms with E-state index in [4.69, 9.17) is 0 Å². The first-order chi connectivity index (χ1) is 11.9. The molecule has 0 nitrogen and oxygen atoms in total. The molecule has 0 saturated carbocycles. The van der Waals surface area contributed by atoms with Crippen molar-refractivity contribution in [2.45, 2.75) is 127 Å². The Morgan fingerprint density at radius 1 is 0.880 bits per heavy atom. The Kier molecular flexibility index (Phi) is 8.68. The molecule has 0 N–H and O–H groups in total. The second-order valence-corrected chi connectivity index (χ2v) is 8.88. The van der Waals surface area contributed by atoms with Gasteiger partial charge in [0.25, 0.3) is 0 Å². The second kappa shape index (κ2) is 10.3. The maximum Gasteiger partial charge on any atom is 0.391 e. The molecule has 0 aromatic heterocycles. The molecular formula is C21H37BF3. The van der Waals surface area contributed by atoms with Gasteiger partial charge in [0.15, 0.2) is 0 Å². The number of hydrogen-bond acceptors (Lipinski definition) is 0. The summed E-state index contributed by atoms with van der Waals surface area (Å²) < 4.78 is 37.2. The molecule has 145 valence electrons. The Hall–Kier alpha value is -0.145.